The van der Waals surface area contributed by atoms with Crippen molar-refractivity contribution in [2.45, 2.75) is 39.8 Å². The summed E-state index contributed by atoms with van der Waals surface area (Å²) in [5.74, 6) is 0. The minimum atomic E-state index is -0.319. The molecule has 1 heterocycles. The number of amides is 2. The third-order valence-corrected chi connectivity index (χ3v) is 2.99. The second kappa shape index (κ2) is 6.47. The van der Waals surface area contributed by atoms with Crippen LogP contribution in [0.2, 0.25) is 0 Å². The minimum absolute atomic E-state index is 0.0651. The predicted molar refractivity (Wildman–Crippen MR) is 66.4 cm³/mol. The van der Waals surface area contributed by atoms with E-state index in [1.807, 2.05) is 13.8 Å². The fourth-order valence-corrected chi connectivity index (χ4v) is 2.05. The van der Waals surface area contributed by atoms with E-state index in [0.717, 1.165) is 0 Å². The smallest absolute Gasteiger partial charge is 0.410 e. The summed E-state index contributed by atoms with van der Waals surface area (Å²) in [6, 6.07) is -0.130. The molecule has 6 nitrogen and oxygen atoms in total. The lowest BCUT2D eigenvalue weighted by atomic mass is 10.1. The maximum absolute atomic E-state index is 11.7. The van der Waals surface area contributed by atoms with Gasteiger partial charge in [0.05, 0.1) is 25.3 Å². The van der Waals surface area contributed by atoms with Crippen LogP contribution in [0.1, 0.15) is 27.7 Å². The van der Waals surface area contributed by atoms with Crippen molar-refractivity contribution in [1.82, 2.24) is 9.80 Å². The molecule has 0 unspecified atom stereocenters. The highest BCUT2D eigenvalue weighted by Gasteiger charge is 2.35. The van der Waals surface area contributed by atoms with Gasteiger partial charge in [-0.15, -0.1) is 0 Å². The Hall–Kier alpha value is -1.46. The van der Waals surface area contributed by atoms with Crippen LogP contribution in [-0.4, -0.2) is 60.4 Å². The summed E-state index contributed by atoms with van der Waals surface area (Å²) in [5, 5.41) is 0. The quantitative estimate of drug-likeness (QED) is 0.756. The van der Waals surface area contributed by atoms with Crippen LogP contribution in [0.3, 0.4) is 0 Å². The van der Waals surface area contributed by atoms with Gasteiger partial charge in [-0.3, -0.25) is 0 Å². The lowest BCUT2D eigenvalue weighted by Crippen LogP contribution is -2.59. The molecular weight excluding hydrogens is 236 g/mol. The van der Waals surface area contributed by atoms with E-state index >= 15 is 0 Å². The van der Waals surface area contributed by atoms with Gasteiger partial charge in [-0.25, -0.2) is 9.59 Å². The Morgan fingerprint density at radius 1 is 0.944 bits per heavy atom. The molecule has 1 saturated heterocycles. The van der Waals surface area contributed by atoms with Gasteiger partial charge in [0, 0.05) is 13.1 Å². The molecule has 1 fully saturated rings. The van der Waals surface area contributed by atoms with E-state index in [2.05, 4.69) is 0 Å². The second-order valence-corrected chi connectivity index (χ2v) is 4.40. The third-order valence-electron chi connectivity index (χ3n) is 2.99. The van der Waals surface area contributed by atoms with Gasteiger partial charge in [-0.2, -0.15) is 0 Å². The highest BCUT2D eigenvalue weighted by atomic mass is 16.6. The molecule has 2 atom stereocenters. The molecule has 104 valence electrons. The molecule has 0 aromatic rings. The molecule has 0 bridgehead atoms. The van der Waals surface area contributed by atoms with Gasteiger partial charge >= 0.3 is 12.2 Å². The summed E-state index contributed by atoms with van der Waals surface area (Å²) in [6.45, 7) is 9.01. The highest BCUT2D eigenvalue weighted by molar-refractivity contribution is 5.71. The van der Waals surface area contributed by atoms with Crippen LogP contribution < -0.4 is 0 Å². The number of rotatable bonds is 2. The van der Waals surface area contributed by atoms with Crippen LogP contribution in [0.15, 0.2) is 0 Å². The van der Waals surface area contributed by atoms with E-state index in [-0.39, 0.29) is 24.3 Å². The summed E-state index contributed by atoms with van der Waals surface area (Å²) in [4.78, 5) is 26.8. The first kappa shape index (κ1) is 14.6. The summed E-state index contributed by atoms with van der Waals surface area (Å²) in [7, 11) is 0. The van der Waals surface area contributed by atoms with Gasteiger partial charge in [-0.05, 0) is 27.7 Å². The lowest BCUT2D eigenvalue weighted by molar-refractivity contribution is 0.0227. The Morgan fingerprint density at radius 2 is 1.28 bits per heavy atom. The van der Waals surface area contributed by atoms with E-state index in [9.17, 15) is 9.59 Å². The second-order valence-electron chi connectivity index (χ2n) is 4.40. The number of hydrogen-bond acceptors (Lipinski definition) is 4. The molecule has 0 N–H and O–H groups in total. The van der Waals surface area contributed by atoms with Crippen molar-refractivity contribution in [3.8, 4) is 0 Å². The number of hydrogen-bond donors (Lipinski definition) is 0. The molecule has 0 saturated carbocycles. The van der Waals surface area contributed by atoms with Gasteiger partial charge in [-0.1, -0.05) is 0 Å². The molecule has 1 rings (SSSR count). The van der Waals surface area contributed by atoms with Crippen LogP contribution >= 0.6 is 0 Å². The maximum Gasteiger partial charge on any atom is 0.410 e. The number of piperazine rings is 1. The monoisotopic (exact) mass is 258 g/mol. The Morgan fingerprint density at radius 3 is 1.56 bits per heavy atom. The van der Waals surface area contributed by atoms with Gasteiger partial charge in [0.25, 0.3) is 0 Å². The Balaban J connectivity index is 2.64. The number of nitrogens with zero attached hydrogens (tertiary/aromatic N) is 2. The zero-order chi connectivity index (χ0) is 13.7. The maximum atomic E-state index is 11.7. The van der Waals surface area contributed by atoms with Crippen LogP contribution in [0, 0.1) is 0 Å². The molecule has 2 amide bonds. The third kappa shape index (κ3) is 3.27. The van der Waals surface area contributed by atoms with Gasteiger partial charge in [0.1, 0.15) is 0 Å². The summed E-state index contributed by atoms with van der Waals surface area (Å²) >= 11 is 0. The lowest BCUT2D eigenvalue weighted by Gasteiger charge is -2.42. The summed E-state index contributed by atoms with van der Waals surface area (Å²) < 4.78 is 9.99. The fraction of sp³-hybridized carbons (Fsp3) is 0.833. The van der Waals surface area contributed by atoms with Gasteiger partial charge in [0.2, 0.25) is 0 Å². The van der Waals surface area contributed by atoms with Crippen LogP contribution in [0.4, 0.5) is 9.59 Å². The van der Waals surface area contributed by atoms with E-state index in [1.54, 1.807) is 23.6 Å². The van der Waals surface area contributed by atoms with Crippen molar-refractivity contribution < 1.29 is 19.1 Å². The molecule has 1 aliphatic heterocycles. The van der Waals surface area contributed by atoms with Crippen molar-refractivity contribution in [2.24, 2.45) is 0 Å². The van der Waals surface area contributed by atoms with E-state index < -0.39 is 0 Å². The fourth-order valence-electron chi connectivity index (χ4n) is 2.05. The predicted octanol–water partition coefficient (Wildman–Crippen LogP) is 1.69. The average Bonchev–Trinajstić information content (AvgIpc) is 2.32. The van der Waals surface area contributed by atoms with Crippen molar-refractivity contribution in [2.75, 3.05) is 26.3 Å². The normalized spacial score (nSPS) is 23.8. The molecule has 6 heteroatoms. The van der Waals surface area contributed by atoms with Crippen molar-refractivity contribution in [3.63, 3.8) is 0 Å². The van der Waals surface area contributed by atoms with Gasteiger partial charge in [0.15, 0.2) is 0 Å². The number of carbonyl (C=O) groups is 2. The van der Waals surface area contributed by atoms with Crippen molar-refractivity contribution in [1.29, 1.82) is 0 Å². The van der Waals surface area contributed by atoms with E-state index in [4.69, 9.17) is 9.47 Å². The first-order chi connectivity index (χ1) is 8.51. The molecule has 0 aromatic carbocycles. The Labute approximate surface area is 108 Å². The Bertz CT molecular complexity index is 278. The van der Waals surface area contributed by atoms with Crippen molar-refractivity contribution in [3.05, 3.63) is 0 Å². The van der Waals surface area contributed by atoms with Crippen LogP contribution in [0.25, 0.3) is 0 Å². The Kier molecular flexibility index (Phi) is 5.25. The zero-order valence-electron chi connectivity index (χ0n) is 11.5. The molecular formula is C12H22N2O4. The topological polar surface area (TPSA) is 59.1 Å². The zero-order valence-corrected chi connectivity index (χ0v) is 11.5. The molecule has 0 radical (unpaired) electrons. The van der Waals surface area contributed by atoms with Crippen LogP contribution in [0.5, 0.6) is 0 Å². The molecule has 18 heavy (non-hydrogen) atoms. The minimum Gasteiger partial charge on any atom is -0.450 e. The van der Waals surface area contributed by atoms with E-state index in [1.165, 1.54) is 0 Å². The standard InChI is InChI=1S/C12H22N2O4/c1-5-17-11(15)13-7-10(4)14(8-9(13)3)12(16)18-6-2/h9-10H,5-8H2,1-4H3/t9-,10-/m1/s1. The first-order valence-electron chi connectivity index (χ1n) is 6.38. The molecule has 0 aromatic heterocycles. The van der Waals surface area contributed by atoms with E-state index in [0.29, 0.717) is 26.3 Å². The average molecular weight is 258 g/mol. The summed E-state index contributed by atoms with van der Waals surface area (Å²) in [5.41, 5.74) is 0. The molecule has 1 aliphatic rings. The molecule has 0 spiro atoms. The number of ether oxygens (including phenoxy) is 2. The summed E-state index contributed by atoms with van der Waals surface area (Å²) in [6.07, 6.45) is -0.638. The van der Waals surface area contributed by atoms with Gasteiger partial charge < -0.3 is 19.3 Å². The largest absolute Gasteiger partial charge is 0.450 e. The van der Waals surface area contributed by atoms with Crippen LogP contribution in [-0.2, 0) is 9.47 Å². The van der Waals surface area contributed by atoms with Crippen molar-refractivity contribution >= 4 is 12.2 Å². The number of carbonyl (C=O) groups excluding carboxylic acids is 2. The molecule has 0 aliphatic carbocycles. The SMILES string of the molecule is CCOC(=O)N1C[C@@H](C)N(C(=O)OCC)C[C@H]1C. The first-order valence-corrected chi connectivity index (χ1v) is 6.38. The highest BCUT2D eigenvalue weighted by Crippen LogP contribution is 2.17.